The molecule has 0 heterocycles. The van der Waals surface area contributed by atoms with Gasteiger partial charge in [0.25, 0.3) is 5.60 Å². The number of methoxy groups -OCH3 is 1. The fraction of sp³-hybridized carbons (Fsp3) is 0.250. The second kappa shape index (κ2) is 5.54. The number of nitriles is 3. The van der Waals surface area contributed by atoms with Crippen molar-refractivity contribution in [1.29, 1.82) is 21.3 Å². The Kier molecular flexibility index (Phi) is 4.10. The zero-order valence-electron chi connectivity index (χ0n) is 9.58. The van der Waals surface area contributed by atoms with Crippen molar-refractivity contribution in [2.75, 3.05) is 7.11 Å². The van der Waals surface area contributed by atoms with Gasteiger partial charge in [0.1, 0.15) is 18.1 Å². The molecule has 0 aliphatic heterocycles. The van der Waals surface area contributed by atoms with Crippen molar-refractivity contribution in [3.63, 3.8) is 0 Å². The maximum absolute atomic E-state index is 9.14. The highest BCUT2D eigenvalue weighted by molar-refractivity contribution is 5.44. The zero-order chi connectivity index (χ0) is 13.6. The van der Waals surface area contributed by atoms with Crippen LogP contribution in [0.5, 0.6) is 0 Å². The topological polar surface area (TPSA) is 117 Å². The summed E-state index contributed by atoms with van der Waals surface area (Å²) in [6.07, 6.45) is 0. The number of hydrogen-bond acceptors (Lipinski definition) is 6. The molecule has 1 atom stereocenters. The van der Waals surface area contributed by atoms with E-state index in [0.717, 1.165) is 0 Å². The first-order valence-corrected chi connectivity index (χ1v) is 4.92. The molecule has 0 spiro atoms. The Morgan fingerprint density at radius 3 is 2.11 bits per heavy atom. The lowest BCUT2D eigenvalue weighted by Gasteiger charge is -2.22. The van der Waals surface area contributed by atoms with Crippen LogP contribution in [0, 0.1) is 39.5 Å². The lowest BCUT2D eigenvalue weighted by Crippen LogP contribution is -2.34. The molecule has 6 heteroatoms. The van der Waals surface area contributed by atoms with Gasteiger partial charge in [-0.05, 0) is 17.7 Å². The molecule has 0 aromatic heterocycles. The van der Waals surface area contributed by atoms with Crippen molar-refractivity contribution in [2.45, 2.75) is 11.5 Å². The molecule has 0 saturated heterocycles. The average molecular weight is 239 g/mol. The van der Waals surface area contributed by atoms with Crippen LogP contribution < -0.4 is 0 Å². The summed E-state index contributed by atoms with van der Waals surface area (Å²) in [6, 6.07) is 11.5. The van der Waals surface area contributed by atoms with Gasteiger partial charge in [-0.25, -0.2) is 5.53 Å². The molecule has 1 unspecified atom stereocenters. The van der Waals surface area contributed by atoms with Crippen molar-refractivity contribution in [3.05, 3.63) is 29.8 Å². The molecule has 1 aromatic carbocycles. The highest BCUT2D eigenvalue weighted by atomic mass is 16.5. The minimum atomic E-state index is -1.84. The maximum Gasteiger partial charge on any atom is 0.260 e. The Labute approximate surface area is 104 Å². The minimum absolute atomic E-state index is 0.423. The third kappa shape index (κ3) is 2.17. The largest absolute Gasteiger partial charge is 0.350 e. The van der Waals surface area contributed by atoms with Gasteiger partial charge in [-0.1, -0.05) is 12.1 Å². The Bertz CT molecular complexity index is 544. The summed E-state index contributed by atoms with van der Waals surface area (Å²) in [4.78, 5) is 0. The van der Waals surface area contributed by atoms with Crippen LogP contribution in [-0.2, 0) is 4.74 Å². The van der Waals surface area contributed by atoms with E-state index in [0.29, 0.717) is 11.3 Å². The van der Waals surface area contributed by atoms with E-state index in [1.807, 2.05) is 6.07 Å². The molecule has 0 amide bonds. The van der Waals surface area contributed by atoms with Gasteiger partial charge in [-0.15, -0.1) is 0 Å². The Morgan fingerprint density at radius 1 is 1.22 bits per heavy atom. The quantitative estimate of drug-likeness (QED) is 0.811. The summed E-state index contributed by atoms with van der Waals surface area (Å²) in [5.41, 5.74) is 5.88. The number of benzene rings is 1. The number of rotatable bonds is 4. The van der Waals surface area contributed by atoms with Gasteiger partial charge < -0.3 is 4.74 Å². The maximum atomic E-state index is 9.14. The first-order chi connectivity index (χ1) is 8.67. The molecular weight excluding hydrogens is 230 g/mol. The Morgan fingerprint density at radius 2 is 1.78 bits per heavy atom. The molecule has 0 bridgehead atoms. The van der Waals surface area contributed by atoms with Crippen LogP contribution in [0.4, 0.5) is 5.69 Å². The molecular formula is C12H9N5O. The van der Waals surface area contributed by atoms with Crippen molar-refractivity contribution in [3.8, 4) is 18.2 Å². The summed E-state index contributed by atoms with van der Waals surface area (Å²) in [5.74, 6) is -1.03. The van der Waals surface area contributed by atoms with Gasteiger partial charge in [0.2, 0.25) is 0 Å². The first kappa shape index (κ1) is 13.3. The van der Waals surface area contributed by atoms with Crippen molar-refractivity contribution < 1.29 is 4.74 Å². The number of ether oxygens (including phenoxy) is 1. The smallest absolute Gasteiger partial charge is 0.260 e. The standard InChI is InChI=1S/C12H9N5O/c1-18-12(7-14,8-15)11(6-13)9-2-4-10(17-16)5-3-9/h2-5,11,16H,1H3. The number of nitrogens with one attached hydrogen (secondary N) is 1. The molecule has 1 rings (SSSR count). The molecule has 1 aromatic rings. The summed E-state index contributed by atoms with van der Waals surface area (Å²) < 4.78 is 4.90. The molecule has 0 aliphatic rings. The van der Waals surface area contributed by atoms with E-state index in [4.69, 9.17) is 26.1 Å². The predicted molar refractivity (Wildman–Crippen MR) is 60.6 cm³/mol. The van der Waals surface area contributed by atoms with E-state index < -0.39 is 11.5 Å². The van der Waals surface area contributed by atoms with E-state index >= 15 is 0 Å². The lowest BCUT2D eigenvalue weighted by molar-refractivity contribution is 0.0768. The Balaban J connectivity index is 3.26. The zero-order valence-corrected chi connectivity index (χ0v) is 9.58. The number of hydrogen-bond donors (Lipinski definition) is 1. The van der Waals surface area contributed by atoms with Gasteiger partial charge >= 0.3 is 0 Å². The van der Waals surface area contributed by atoms with Gasteiger partial charge in [0.15, 0.2) is 0 Å². The van der Waals surface area contributed by atoms with Crippen LogP contribution in [0.15, 0.2) is 29.4 Å². The SMILES string of the molecule is COC(C#N)(C#N)C(C#N)c1ccc(N=N)cc1. The van der Waals surface area contributed by atoms with Crippen molar-refractivity contribution >= 4 is 5.69 Å². The van der Waals surface area contributed by atoms with Crippen molar-refractivity contribution in [1.82, 2.24) is 0 Å². The van der Waals surface area contributed by atoms with Gasteiger partial charge in [-0.2, -0.15) is 20.9 Å². The first-order valence-electron chi connectivity index (χ1n) is 4.92. The van der Waals surface area contributed by atoms with E-state index in [1.54, 1.807) is 24.3 Å². The fourth-order valence-electron chi connectivity index (χ4n) is 1.50. The van der Waals surface area contributed by atoms with Gasteiger partial charge in [0, 0.05) is 7.11 Å². The van der Waals surface area contributed by atoms with Crippen LogP contribution in [-0.4, -0.2) is 12.7 Å². The summed E-state index contributed by atoms with van der Waals surface area (Å²) >= 11 is 0. The van der Waals surface area contributed by atoms with Gasteiger partial charge in [-0.3, -0.25) is 0 Å². The highest BCUT2D eigenvalue weighted by Gasteiger charge is 2.41. The monoisotopic (exact) mass is 239 g/mol. The molecule has 18 heavy (non-hydrogen) atoms. The summed E-state index contributed by atoms with van der Waals surface area (Å²) in [5, 5.41) is 30.5. The second-order valence-electron chi connectivity index (χ2n) is 3.43. The van der Waals surface area contributed by atoms with Crippen LogP contribution in [0.3, 0.4) is 0 Å². The predicted octanol–water partition coefficient (Wildman–Crippen LogP) is 2.39. The highest BCUT2D eigenvalue weighted by Crippen LogP contribution is 2.31. The Hall–Kier alpha value is -2.75. The van der Waals surface area contributed by atoms with Gasteiger partial charge in [0.05, 0.1) is 11.8 Å². The van der Waals surface area contributed by atoms with Crippen LogP contribution in [0.2, 0.25) is 0 Å². The van der Waals surface area contributed by atoms with E-state index in [9.17, 15) is 0 Å². The summed E-state index contributed by atoms with van der Waals surface area (Å²) in [6.45, 7) is 0. The molecule has 0 fully saturated rings. The summed E-state index contributed by atoms with van der Waals surface area (Å²) in [7, 11) is 1.21. The third-order valence-electron chi connectivity index (χ3n) is 2.55. The van der Waals surface area contributed by atoms with Crippen molar-refractivity contribution in [2.24, 2.45) is 5.11 Å². The van der Waals surface area contributed by atoms with Crippen LogP contribution in [0.1, 0.15) is 11.5 Å². The van der Waals surface area contributed by atoms with Crippen LogP contribution >= 0.6 is 0 Å². The average Bonchev–Trinajstić information content (AvgIpc) is 2.45. The van der Waals surface area contributed by atoms with E-state index in [-0.39, 0.29) is 0 Å². The normalized spacial score (nSPS) is 11.7. The van der Waals surface area contributed by atoms with E-state index in [1.165, 1.54) is 19.2 Å². The molecule has 88 valence electrons. The lowest BCUT2D eigenvalue weighted by atomic mass is 9.85. The second-order valence-corrected chi connectivity index (χ2v) is 3.43. The fourth-order valence-corrected chi connectivity index (χ4v) is 1.50. The third-order valence-corrected chi connectivity index (χ3v) is 2.55. The van der Waals surface area contributed by atoms with Crippen LogP contribution in [0.25, 0.3) is 0 Å². The molecule has 0 saturated carbocycles. The molecule has 1 N–H and O–H groups in total. The minimum Gasteiger partial charge on any atom is -0.350 e. The van der Waals surface area contributed by atoms with E-state index in [2.05, 4.69) is 5.11 Å². The molecule has 6 nitrogen and oxygen atoms in total. The number of nitrogens with zero attached hydrogens (tertiary/aromatic N) is 4. The molecule has 0 radical (unpaired) electrons. The molecule has 0 aliphatic carbocycles.